The van der Waals surface area contributed by atoms with Crippen LogP contribution < -0.4 is 9.47 Å². The van der Waals surface area contributed by atoms with Crippen LogP contribution in [0, 0.1) is 6.92 Å². The number of rotatable bonds is 4. The summed E-state index contributed by atoms with van der Waals surface area (Å²) < 4.78 is 12.4. The molecule has 3 heterocycles. The number of para-hydroxylation sites is 1. The second kappa shape index (κ2) is 7.24. The van der Waals surface area contributed by atoms with Gasteiger partial charge in [-0.25, -0.2) is 5.01 Å². The fourth-order valence-electron chi connectivity index (χ4n) is 4.02. The zero-order chi connectivity index (χ0) is 19.8. The largest absolute Gasteiger partial charge is 0.490 e. The molecule has 2 atom stereocenters. The Kier molecular flexibility index (Phi) is 4.43. The summed E-state index contributed by atoms with van der Waals surface area (Å²) in [6.07, 6.45) is 4.09. The average molecular weight is 385 g/mol. The highest BCUT2D eigenvalue weighted by Gasteiger charge is 2.42. The van der Waals surface area contributed by atoms with Crippen LogP contribution in [0.4, 0.5) is 0 Å². The summed E-state index contributed by atoms with van der Waals surface area (Å²) in [4.78, 5) is 4.15. The Bertz CT molecular complexity index is 1050. The monoisotopic (exact) mass is 385 g/mol. The van der Waals surface area contributed by atoms with Crippen molar-refractivity contribution >= 4 is 5.71 Å². The van der Waals surface area contributed by atoms with Crippen molar-refractivity contribution in [3.63, 3.8) is 0 Å². The minimum Gasteiger partial charge on any atom is -0.490 e. The van der Waals surface area contributed by atoms with Crippen LogP contribution in [0.1, 0.15) is 47.9 Å². The van der Waals surface area contributed by atoms with Gasteiger partial charge in [-0.05, 0) is 37.6 Å². The third-order valence-corrected chi connectivity index (χ3v) is 5.46. The van der Waals surface area contributed by atoms with E-state index in [-0.39, 0.29) is 12.3 Å². The maximum absolute atomic E-state index is 6.48. The van der Waals surface area contributed by atoms with Crippen molar-refractivity contribution in [3.8, 4) is 11.5 Å². The molecular formula is C24H23N3O2. The number of hydrazone groups is 1. The summed E-state index contributed by atoms with van der Waals surface area (Å²) in [7, 11) is 0. The lowest BCUT2D eigenvalue weighted by atomic mass is 9.95. The zero-order valence-corrected chi connectivity index (χ0v) is 16.6. The molecule has 0 N–H and O–H groups in total. The molecule has 2 aromatic carbocycles. The van der Waals surface area contributed by atoms with Crippen molar-refractivity contribution in [3.05, 3.63) is 89.2 Å². The zero-order valence-electron chi connectivity index (χ0n) is 16.6. The number of nitrogens with zero attached hydrogens (tertiary/aromatic N) is 3. The van der Waals surface area contributed by atoms with Crippen molar-refractivity contribution in [2.45, 2.75) is 32.5 Å². The minimum atomic E-state index is -0.319. The lowest BCUT2D eigenvalue weighted by molar-refractivity contribution is -0.0212. The molecule has 0 radical (unpaired) electrons. The third-order valence-electron chi connectivity index (χ3n) is 5.46. The molecule has 5 heteroatoms. The molecule has 0 spiro atoms. The highest BCUT2D eigenvalue weighted by atomic mass is 16.5. The number of benzene rings is 2. The third kappa shape index (κ3) is 3.12. The van der Waals surface area contributed by atoms with Gasteiger partial charge >= 0.3 is 0 Å². The van der Waals surface area contributed by atoms with E-state index in [1.165, 1.54) is 5.56 Å². The molecule has 2 aliphatic heterocycles. The van der Waals surface area contributed by atoms with Gasteiger partial charge in [0.05, 0.1) is 18.4 Å². The molecule has 3 aromatic rings. The molecule has 146 valence electrons. The number of ether oxygens (including phenoxy) is 2. The normalized spacial score (nSPS) is 19.8. The summed E-state index contributed by atoms with van der Waals surface area (Å²) in [6, 6.07) is 18.7. The molecule has 0 saturated carbocycles. The van der Waals surface area contributed by atoms with E-state index in [2.05, 4.69) is 47.2 Å². The molecule has 0 aliphatic carbocycles. The van der Waals surface area contributed by atoms with E-state index >= 15 is 0 Å². The van der Waals surface area contributed by atoms with Crippen LogP contribution in [-0.2, 0) is 0 Å². The Hall–Kier alpha value is -3.34. The van der Waals surface area contributed by atoms with Gasteiger partial charge in [0.25, 0.3) is 0 Å². The number of fused-ring (bicyclic) bond motifs is 3. The van der Waals surface area contributed by atoms with E-state index in [0.29, 0.717) is 6.61 Å². The van der Waals surface area contributed by atoms with Crippen molar-refractivity contribution in [1.29, 1.82) is 0 Å². The fraction of sp³-hybridized carbons (Fsp3) is 0.250. The van der Waals surface area contributed by atoms with Gasteiger partial charge in [-0.15, -0.1) is 0 Å². The first kappa shape index (κ1) is 17.7. The number of aryl methyl sites for hydroxylation is 1. The lowest BCUT2D eigenvalue weighted by Crippen LogP contribution is -2.33. The second-order valence-corrected chi connectivity index (χ2v) is 7.37. The lowest BCUT2D eigenvalue weighted by Gasteiger charge is -2.38. The van der Waals surface area contributed by atoms with Crippen molar-refractivity contribution < 1.29 is 9.47 Å². The summed E-state index contributed by atoms with van der Waals surface area (Å²) in [5.74, 6) is 1.60. The standard InChI is InChI=1S/C24H23N3O2/c1-3-28-22-6-4-5-19-21-15-20(17-9-7-16(2)8-10-17)26-27(21)24(29-23(19)22)18-11-13-25-14-12-18/h4-14,21,24H,3,15H2,1-2H3/t21-,24-/m0/s1. The maximum Gasteiger partial charge on any atom is 0.214 e. The Labute approximate surface area is 170 Å². The van der Waals surface area contributed by atoms with Crippen LogP contribution in [-0.4, -0.2) is 22.3 Å². The molecule has 0 amide bonds. The van der Waals surface area contributed by atoms with E-state index in [1.807, 2.05) is 31.2 Å². The number of hydrogen-bond donors (Lipinski definition) is 0. The second-order valence-electron chi connectivity index (χ2n) is 7.37. The molecule has 29 heavy (non-hydrogen) atoms. The van der Waals surface area contributed by atoms with E-state index < -0.39 is 0 Å². The Balaban J connectivity index is 1.60. The smallest absolute Gasteiger partial charge is 0.214 e. The molecule has 2 aliphatic rings. The first-order valence-electron chi connectivity index (χ1n) is 9.99. The van der Waals surface area contributed by atoms with E-state index in [9.17, 15) is 0 Å². The van der Waals surface area contributed by atoms with Crippen LogP contribution in [0.15, 0.2) is 72.1 Å². The van der Waals surface area contributed by atoms with E-state index in [1.54, 1.807) is 12.4 Å². The SMILES string of the molecule is CCOc1cccc2c1O[C@@H](c1ccncc1)N1N=C(c3ccc(C)cc3)C[C@@H]21. The van der Waals surface area contributed by atoms with Gasteiger partial charge in [-0.1, -0.05) is 42.0 Å². The van der Waals surface area contributed by atoms with Gasteiger partial charge in [0.1, 0.15) is 0 Å². The van der Waals surface area contributed by atoms with Crippen LogP contribution >= 0.6 is 0 Å². The van der Waals surface area contributed by atoms with Crippen molar-refractivity contribution in [2.24, 2.45) is 5.10 Å². The number of aromatic nitrogens is 1. The molecular weight excluding hydrogens is 362 g/mol. The average Bonchev–Trinajstić information content (AvgIpc) is 3.20. The Morgan fingerprint density at radius 2 is 1.86 bits per heavy atom. The molecule has 0 saturated heterocycles. The summed E-state index contributed by atoms with van der Waals surface area (Å²) >= 11 is 0. The number of pyridine rings is 1. The quantitative estimate of drug-likeness (QED) is 0.632. The molecule has 0 unspecified atom stereocenters. The maximum atomic E-state index is 6.48. The summed E-state index contributed by atoms with van der Waals surface area (Å²) in [5, 5.41) is 7.09. The molecule has 1 aromatic heterocycles. The van der Waals surface area contributed by atoms with Gasteiger partial charge in [-0.2, -0.15) is 5.10 Å². The molecule has 5 rings (SSSR count). The van der Waals surface area contributed by atoms with Crippen LogP contribution in [0.25, 0.3) is 0 Å². The first-order valence-corrected chi connectivity index (χ1v) is 9.99. The van der Waals surface area contributed by atoms with Gasteiger partial charge < -0.3 is 9.47 Å². The van der Waals surface area contributed by atoms with Gasteiger partial charge in [0.15, 0.2) is 11.5 Å². The predicted octanol–water partition coefficient (Wildman–Crippen LogP) is 5.03. The number of hydrogen-bond acceptors (Lipinski definition) is 5. The predicted molar refractivity (Wildman–Crippen MR) is 112 cm³/mol. The van der Waals surface area contributed by atoms with Crippen LogP contribution in [0.3, 0.4) is 0 Å². The Morgan fingerprint density at radius 3 is 2.62 bits per heavy atom. The molecule has 0 fully saturated rings. The highest BCUT2D eigenvalue weighted by Crippen LogP contribution is 2.50. The van der Waals surface area contributed by atoms with E-state index in [4.69, 9.17) is 14.6 Å². The first-order chi connectivity index (χ1) is 14.2. The van der Waals surface area contributed by atoms with E-state index in [0.717, 1.165) is 40.3 Å². The van der Waals surface area contributed by atoms with Crippen molar-refractivity contribution in [2.75, 3.05) is 6.61 Å². The van der Waals surface area contributed by atoms with Crippen molar-refractivity contribution in [1.82, 2.24) is 9.99 Å². The Morgan fingerprint density at radius 1 is 1.07 bits per heavy atom. The fourth-order valence-corrected chi connectivity index (χ4v) is 4.02. The van der Waals surface area contributed by atoms with Crippen LogP contribution in [0.2, 0.25) is 0 Å². The minimum absolute atomic E-state index is 0.105. The van der Waals surface area contributed by atoms with Crippen LogP contribution in [0.5, 0.6) is 11.5 Å². The molecule has 0 bridgehead atoms. The molecule has 5 nitrogen and oxygen atoms in total. The highest BCUT2D eigenvalue weighted by molar-refractivity contribution is 6.02. The summed E-state index contributed by atoms with van der Waals surface area (Å²) in [6.45, 7) is 4.69. The topological polar surface area (TPSA) is 47.0 Å². The summed E-state index contributed by atoms with van der Waals surface area (Å²) in [5.41, 5.74) is 5.62. The van der Waals surface area contributed by atoms with Gasteiger partial charge in [0.2, 0.25) is 6.23 Å². The van der Waals surface area contributed by atoms with Gasteiger partial charge in [-0.3, -0.25) is 4.98 Å². The van der Waals surface area contributed by atoms with Gasteiger partial charge in [0, 0.05) is 29.9 Å².